The van der Waals surface area contributed by atoms with Gasteiger partial charge in [0.15, 0.2) is 0 Å². The molecule has 1 N–H and O–H groups in total. The van der Waals surface area contributed by atoms with Crippen LogP contribution in [0.3, 0.4) is 0 Å². The van der Waals surface area contributed by atoms with Crippen molar-refractivity contribution in [3.05, 3.63) is 47.9 Å². The van der Waals surface area contributed by atoms with Gasteiger partial charge in [-0.15, -0.1) is 11.3 Å². The highest BCUT2D eigenvalue weighted by molar-refractivity contribution is 9.10. The van der Waals surface area contributed by atoms with Crippen molar-refractivity contribution in [2.24, 2.45) is 7.05 Å². The minimum atomic E-state index is -0.215. The molecule has 0 aromatic carbocycles. The van der Waals surface area contributed by atoms with Crippen molar-refractivity contribution < 1.29 is 0 Å². The number of nitrogens with one attached hydrogen (secondary N) is 1. The van der Waals surface area contributed by atoms with E-state index in [2.05, 4.69) is 25.9 Å². The van der Waals surface area contributed by atoms with Gasteiger partial charge in [0, 0.05) is 17.2 Å². The van der Waals surface area contributed by atoms with Gasteiger partial charge in [0.2, 0.25) is 0 Å². The van der Waals surface area contributed by atoms with Crippen molar-refractivity contribution in [2.45, 2.75) is 13.8 Å². The monoisotopic (exact) mass is 365 g/mol. The van der Waals surface area contributed by atoms with Crippen LogP contribution in [0, 0.1) is 13.8 Å². The molecule has 0 spiro atoms. The maximum absolute atomic E-state index is 12.4. The molecule has 5 nitrogen and oxygen atoms in total. The molecule has 0 saturated carbocycles. The highest BCUT2D eigenvalue weighted by Crippen LogP contribution is 2.23. The van der Waals surface area contributed by atoms with Crippen LogP contribution in [0.25, 0.3) is 21.6 Å². The van der Waals surface area contributed by atoms with E-state index in [9.17, 15) is 9.59 Å². The number of fused-ring (bicyclic) bond motifs is 1. The van der Waals surface area contributed by atoms with Gasteiger partial charge >= 0.3 is 0 Å². The second kappa shape index (κ2) is 4.92. The zero-order chi connectivity index (χ0) is 15.3. The van der Waals surface area contributed by atoms with Gasteiger partial charge < -0.3 is 9.55 Å². The first-order valence-electron chi connectivity index (χ1n) is 6.24. The third kappa shape index (κ3) is 2.16. The molecule has 3 rings (SSSR count). The van der Waals surface area contributed by atoms with Crippen molar-refractivity contribution >= 4 is 37.5 Å². The molecule has 21 heavy (non-hydrogen) atoms. The normalized spacial score (nSPS) is 11.2. The average molecular weight is 366 g/mol. The van der Waals surface area contributed by atoms with E-state index in [1.165, 1.54) is 15.9 Å². The number of thiophene rings is 1. The number of H-pyrrole nitrogens is 1. The second-order valence-electron chi connectivity index (χ2n) is 4.87. The maximum Gasteiger partial charge on any atom is 0.261 e. The van der Waals surface area contributed by atoms with Gasteiger partial charge in [-0.3, -0.25) is 9.59 Å². The van der Waals surface area contributed by atoms with E-state index in [1.807, 2.05) is 19.2 Å². The number of rotatable bonds is 1. The molecule has 3 aromatic rings. The zero-order valence-corrected chi connectivity index (χ0v) is 14.1. The van der Waals surface area contributed by atoms with E-state index in [4.69, 9.17) is 0 Å². The minimum Gasteiger partial charge on any atom is -0.314 e. The number of pyridine rings is 1. The number of nitrogens with zero attached hydrogens (tertiary/aromatic N) is 2. The lowest BCUT2D eigenvalue weighted by molar-refractivity contribution is 0.813. The van der Waals surface area contributed by atoms with Crippen molar-refractivity contribution in [3.63, 3.8) is 0 Å². The molecule has 3 aromatic heterocycles. The molecule has 0 aliphatic carbocycles. The van der Waals surface area contributed by atoms with E-state index in [0.29, 0.717) is 21.6 Å². The molecule has 0 saturated heterocycles. The summed E-state index contributed by atoms with van der Waals surface area (Å²) in [5, 5.41) is 2.48. The molecule has 0 bridgehead atoms. The first kappa shape index (κ1) is 14.2. The summed E-state index contributed by atoms with van der Waals surface area (Å²) >= 11 is 4.83. The lowest BCUT2D eigenvalue weighted by Crippen LogP contribution is -2.23. The standard InChI is InChI=1S/C14H12BrN3O2S/c1-6-5-21-13-10(6)12(19)16-11(17-13)8-4-9(15)7(2)18(3)14(8)20/h4-5H,1-3H3,(H,16,17,19). The lowest BCUT2D eigenvalue weighted by Gasteiger charge is -2.09. The summed E-state index contributed by atoms with van der Waals surface area (Å²) in [5.74, 6) is 0.302. The Morgan fingerprint density at radius 2 is 2.05 bits per heavy atom. The molecular weight excluding hydrogens is 354 g/mol. The predicted octanol–water partition coefficient (Wildman–Crippen LogP) is 2.73. The van der Waals surface area contributed by atoms with Crippen molar-refractivity contribution in [2.75, 3.05) is 0 Å². The molecule has 7 heteroatoms. The average Bonchev–Trinajstić information content (AvgIpc) is 2.82. The summed E-state index contributed by atoms with van der Waals surface area (Å²) in [6.07, 6.45) is 0. The molecule has 0 aliphatic heterocycles. The van der Waals surface area contributed by atoms with Crippen LogP contribution in [0.15, 0.2) is 25.5 Å². The highest BCUT2D eigenvalue weighted by Gasteiger charge is 2.15. The summed E-state index contributed by atoms with van der Waals surface area (Å²) in [5.41, 5.74) is 1.69. The SMILES string of the molecule is Cc1csc2nc(-c3cc(Br)c(C)n(C)c3=O)[nH]c(=O)c12. The fraction of sp³-hybridized carbons (Fsp3) is 0.214. The number of aromatic amines is 1. The maximum atomic E-state index is 12.4. The summed E-state index contributed by atoms with van der Waals surface area (Å²) in [7, 11) is 1.69. The number of halogens is 1. The Morgan fingerprint density at radius 3 is 2.76 bits per heavy atom. The smallest absolute Gasteiger partial charge is 0.261 e. The summed E-state index contributed by atoms with van der Waals surface area (Å²) in [6, 6.07) is 1.70. The van der Waals surface area contributed by atoms with E-state index in [1.54, 1.807) is 13.1 Å². The molecule has 0 amide bonds. The molecule has 108 valence electrons. The molecule has 0 atom stereocenters. The van der Waals surface area contributed by atoms with Crippen molar-refractivity contribution in [3.8, 4) is 11.4 Å². The van der Waals surface area contributed by atoms with Crippen LogP contribution < -0.4 is 11.1 Å². The third-order valence-electron chi connectivity index (χ3n) is 3.54. The van der Waals surface area contributed by atoms with Crippen LogP contribution in [0.1, 0.15) is 11.3 Å². The van der Waals surface area contributed by atoms with Gasteiger partial charge in [-0.25, -0.2) is 4.98 Å². The van der Waals surface area contributed by atoms with Gasteiger partial charge in [0.05, 0.1) is 10.9 Å². The summed E-state index contributed by atoms with van der Waals surface area (Å²) < 4.78 is 2.33. The first-order chi connectivity index (χ1) is 9.90. The van der Waals surface area contributed by atoms with Crippen LogP contribution in [0.4, 0.5) is 0 Å². The summed E-state index contributed by atoms with van der Waals surface area (Å²) in [6.45, 7) is 3.72. The van der Waals surface area contributed by atoms with Crippen LogP contribution >= 0.6 is 27.3 Å². The number of hydrogen-bond acceptors (Lipinski definition) is 4. The molecule has 0 fully saturated rings. The van der Waals surface area contributed by atoms with Crippen LogP contribution in [0.5, 0.6) is 0 Å². The van der Waals surface area contributed by atoms with Crippen molar-refractivity contribution in [1.82, 2.24) is 14.5 Å². The quantitative estimate of drug-likeness (QED) is 0.720. The number of aryl methyl sites for hydroxylation is 1. The Morgan fingerprint density at radius 1 is 1.33 bits per heavy atom. The Bertz CT molecular complexity index is 984. The van der Waals surface area contributed by atoms with E-state index in [-0.39, 0.29) is 11.1 Å². The van der Waals surface area contributed by atoms with Crippen molar-refractivity contribution in [1.29, 1.82) is 0 Å². The number of aromatic nitrogens is 3. The molecule has 0 radical (unpaired) electrons. The fourth-order valence-electron chi connectivity index (χ4n) is 2.17. The predicted molar refractivity (Wildman–Crippen MR) is 88.1 cm³/mol. The Balaban J connectivity index is 2.36. The lowest BCUT2D eigenvalue weighted by atomic mass is 10.2. The minimum absolute atomic E-state index is 0.188. The molecule has 0 aliphatic rings. The zero-order valence-electron chi connectivity index (χ0n) is 11.7. The Kier molecular flexibility index (Phi) is 3.33. The van der Waals surface area contributed by atoms with E-state index in [0.717, 1.165) is 15.7 Å². The summed E-state index contributed by atoms with van der Waals surface area (Å²) in [4.78, 5) is 32.4. The number of hydrogen-bond donors (Lipinski definition) is 1. The topological polar surface area (TPSA) is 67.8 Å². The Hall–Kier alpha value is -1.73. The first-order valence-corrected chi connectivity index (χ1v) is 7.92. The van der Waals surface area contributed by atoms with Gasteiger partial charge in [-0.2, -0.15) is 0 Å². The molecule has 3 heterocycles. The van der Waals surface area contributed by atoms with E-state index >= 15 is 0 Å². The molecule has 0 unspecified atom stereocenters. The van der Waals surface area contributed by atoms with Crippen LogP contribution in [-0.4, -0.2) is 14.5 Å². The largest absolute Gasteiger partial charge is 0.314 e. The van der Waals surface area contributed by atoms with Crippen LogP contribution in [-0.2, 0) is 7.05 Å². The molecular formula is C14H12BrN3O2S. The van der Waals surface area contributed by atoms with Gasteiger partial charge in [-0.05, 0) is 46.8 Å². The van der Waals surface area contributed by atoms with E-state index < -0.39 is 0 Å². The van der Waals surface area contributed by atoms with Gasteiger partial charge in [0.1, 0.15) is 10.7 Å². The van der Waals surface area contributed by atoms with Gasteiger partial charge in [0.25, 0.3) is 11.1 Å². The second-order valence-corrected chi connectivity index (χ2v) is 6.58. The Labute approximate surface area is 132 Å². The highest BCUT2D eigenvalue weighted by atomic mass is 79.9. The fourth-order valence-corrected chi connectivity index (χ4v) is 3.59. The van der Waals surface area contributed by atoms with Gasteiger partial charge in [-0.1, -0.05) is 0 Å². The third-order valence-corrected chi connectivity index (χ3v) is 5.33. The van der Waals surface area contributed by atoms with Crippen LogP contribution in [0.2, 0.25) is 0 Å².